The highest BCUT2D eigenvalue weighted by molar-refractivity contribution is 5.82. The number of likely N-dealkylation sites (N-methyl/N-ethyl adjacent to an activating group) is 1. The minimum absolute atomic E-state index is 0.248. The number of para-hydroxylation sites is 1. The summed E-state index contributed by atoms with van der Waals surface area (Å²) in [5.74, 6) is 0.248. The minimum Gasteiger partial charge on any atom is -0.344 e. The van der Waals surface area contributed by atoms with E-state index in [2.05, 4.69) is 34.6 Å². The molecule has 1 N–H and O–H groups in total. The van der Waals surface area contributed by atoms with Gasteiger partial charge in [-0.15, -0.1) is 0 Å². The van der Waals surface area contributed by atoms with E-state index in [0.717, 1.165) is 30.7 Å². The number of hydrogen-bond donors (Lipinski definition) is 1. The Kier molecular flexibility index (Phi) is 3.88. The van der Waals surface area contributed by atoms with Crippen LogP contribution in [0.15, 0.2) is 30.3 Å². The van der Waals surface area contributed by atoms with Crippen LogP contribution in [0.2, 0.25) is 0 Å². The number of nitrogens with zero attached hydrogens (tertiary/aromatic N) is 2. The monoisotopic (exact) mass is 283 g/mol. The number of hydrogen-bond acceptors (Lipinski definition) is 3. The number of rotatable bonds is 3. The van der Waals surface area contributed by atoms with Gasteiger partial charge in [-0.3, -0.25) is 9.78 Å². The van der Waals surface area contributed by atoms with Gasteiger partial charge >= 0.3 is 0 Å². The van der Waals surface area contributed by atoms with Crippen LogP contribution in [0.5, 0.6) is 0 Å². The highest BCUT2D eigenvalue weighted by Crippen LogP contribution is 2.19. The molecule has 1 saturated heterocycles. The third-order valence-electron chi connectivity index (χ3n) is 4.14. The molecule has 2 heterocycles. The van der Waals surface area contributed by atoms with E-state index in [-0.39, 0.29) is 5.91 Å². The number of aromatic nitrogens is 1. The fraction of sp³-hybridized carbons (Fsp3) is 0.412. The first-order valence-electron chi connectivity index (χ1n) is 7.46. The van der Waals surface area contributed by atoms with Crippen LogP contribution in [-0.2, 0) is 11.3 Å². The first-order valence-corrected chi connectivity index (χ1v) is 7.46. The summed E-state index contributed by atoms with van der Waals surface area (Å²) in [5.41, 5.74) is 3.37. The van der Waals surface area contributed by atoms with E-state index >= 15 is 0 Å². The van der Waals surface area contributed by atoms with Crippen molar-refractivity contribution in [3.63, 3.8) is 0 Å². The predicted molar refractivity (Wildman–Crippen MR) is 84.0 cm³/mol. The fourth-order valence-corrected chi connectivity index (χ4v) is 2.97. The Bertz CT molecular complexity index is 668. The van der Waals surface area contributed by atoms with Gasteiger partial charge in [-0.1, -0.05) is 18.2 Å². The molecule has 1 aliphatic rings. The van der Waals surface area contributed by atoms with Gasteiger partial charge in [-0.05, 0) is 31.0 Å². The third-order valence-corrected chi connectivity index (χ3v) is 4.14. The molecule has 0 spiro atoms. The molecule has 0 radical (unpaired) electrons. The van der Waals surface area contributed by atoms with Crippen molar-refractivity contribution in [3.8, 4) is 0 Å². The van der Waals surface area contributed by atoms with Gasteiger partial charge < -0.3 is 10.2 Å². The van der Waals surface area contributed by atoms with Gasteiger partial charge in [-0.2, -0.15) is 0 Å². The van der Waals surface area contributed by atoms with E-state index in [1.807, 2.05) is 24.9 Å². The topological polar surface area (TPSA) is 45.2 Å². The molecule has 3 rings (SSSR count). The molecule has 1 aromatic carbocycles. The Morgan fingerprint density at radius 2 is 2.19 bits per heavy atom. The lowest BCUT2D eigenvalue weighted by Crippen LogP contribution is -2.46. The maximum Gasteiger partial charge on any atom is 0.222 e. The Balaban J connectivity index is 1.75. The lowest BCUT2D eigenvalue weighted by Gasteiger charge is -2.30. The number of carbonyl (C=O) groups is 1. The molecule has 0 saturated carbocycles. The van der Waals surface area contributed by atoms with Gasteiger partial charge in [0.05, 0.1) is 5.52 Å². The third kappa shape index (κ3) is 3.05. The molecule has 0 bridgehead atoms. The second kappa shape index (κ2) is 5.82. The summed E-state index contributed by atoms with van der Waals surface area (Å²) in [5, 5.41) is 4.79. The first-order chi connectivity index (χ1) is 10.1. The maximum atomic E-state index is 11.5. The van der Waals surface area contributed by atoms with Crippen molar-refractivity contribution in [2.24, 2.45) is 0 Å². The zero-order chi connectivity index (χ0) is 14.8. The standard InChI is InChI=1S/C17H21N3O/c1-12-9-13(15-5-3-4-6-16(15)19-12)10-18-14-7-8-17(21)20(2)11-14/h3-6,9,14,18H,7-8,10-11H2,1-2H3. The van der Waals surface area contributed by atoms with Crippen molar-refractivity contribution in [1.29, 1.82) is 0 Å². The number of amides is 1. The van der Waals surface area contributed by atoms with Crippen LogP contribution in [0.1, 0.15) is 24.1 Å². The molecule has 4 nitrogen and oxygen atoms in total. The lowest BCUT2D eigenvalue weighted by atomic mass is 10.0. The number of carbonyl (C=O) groups excluding carboxylic acids is 1. The van der Waals surface area contributed by atoms with Gasteiger partial charge in [0.15, 0.2) is 0 Å². The molecule has 1 aromatic heterocycles. The minimum atomic E-state index is 0.248. The van der Waals surface area contributed by atoms with Gasteiger partial charge in [0, 0.05) is 43.7 Å². The summed E-state index contributed by atoms with van der Waals surface area (Å²) in [4.78, 5) is 17.9. The van der Waals surface area contributed by atoms with Crippen LogP contribution in [0.3, 0.4) is 0 Å². The molecule has 1 fully saturated rings. The molecule has 1 unspecified atom stereocenters. The number of pyridine rings is 1. The quantitative estimate of drug-likeness (QED) is 0.939. The molecular formula is C17H21N3O. The Morgan fingerprint density at radius 3 is 3.00 bits per heavy atom. The number of fused-ring (bicyclic) bond motifs is 1. The van der Waals surface area contributed by atoms with Gasteiger partial charge in [0.2, 0.25) is 5.91 Å². The Labute approximate surface area is 125 Å². The van der Waals surface area contributed by atoms with Gasteiger partial charge in [0.1, 0.15) is 0 Å². The Morgan fingerprint density at radius 1 is 1.38 bits per heavy atom. The number of aryl methyl sites for hydroxylation is 1. The van der Waals surface area contributed by atoms with Crippen molar-refractivity contribution in [1.82, 2.24) is 15.2 Å². The maximum absolute atomic E-state index is 11.5. The van der Waals surface area contributed by atoms with E-state index in [4.69, 9.17) is 0 Å². The van der Waals surface area contributed by atoms with Crippen molar-refractivity contribution in [3.05, 3.63) is 41.6 Å². The summed E-state index contributed by atoms with van der Waals surface area (Å²) in [7, 11) is 1.88. The highest BCUT2D eigenvalue weighted by Gasteiger charge is 2.22. The number of likely N-dealkylation sites (tertiary alicyclic amines) is 1. The van der Waals surface area contributed by atoms with E-state index < -0.39 is 0 Å². The van der Waals surface area contributed by atoms with Gasteiger partial charge in [-0.25, -0.2) is 0 Å². The molecule has 2 aromatic rings. The molecule has 0 aliphatic carbocycles. The number of benzene rings is 1. The molecule has 1 aliphatic heterocycles. The van der Waals surface area contributed by atoms with Crippen molar-refractivity contribution in [2.75, 3.05) is 13.6 Å². The van der Waals surface area contributed by atoms with E-state index in [1.54, 1.807) is 0 Å². The molecule has 21 heavy (non-hydrogen) atoms. The first kappa shape index (κ1) is 14.0. The second-order valence-electron chi connectivity index (χ2n) is 5.83. The number of piperidine rings is 1. The average Bonchev–Trinajstić information content (AvgIpc) is 2.48. The molecule has 4 heteroatoms. The fourth-order valence-electron chi connectivity index (χ4n) is 2.97. The SMILES string of the molecule is Cc1cc(CNC2CCC(=O)N(C)C2)c2ccccc2n1. The highest BCUT2D eigenvalue weighted by atomic mass is 16.2. The largest absolute Gasteiger partial charge is 0.344 e. The van der Waals surface area contributed by atoms with Gasteiger partial charge in [0.25, 0.3) is 0 Å². The summed E-state index contributed by atoms with van der Waals surface area (Å²) in [6.45, 7) is 3.64. The summed E-state index contributed by atoms with van der Waals surface area (Å²) in [6, 6.07) is 10.8. The Hall–Kier alpha value is -1.94. The smallest absolute Gasteiger partial charge is 0.222 e. The van der Waals surface area contributed by atoms with Crippen molar-refractivity contribution >= 4 is 16.8 Å². The van der Waals surface area contributed by atoms with E-state index in [9.17, 15) is 4.79 Å². The zero-order valence-corrected chi connectivity index (χ0v) is 12.6. The van der Waals surface area contributed by atoms with Crippen LogP contribution < -0.4 is 5.32 Å². The van der Waals surface area contributed by atoms with Crippen molar-refractivity contribution in [2.45, 2.75) is 32.4 Å². The van der Waals surface area contributed by atoms with Crippen molar-refractivity contribution < 1.29 is 4.79 Å². The van der Waals surface area contributed by atoms with Crippen LogP contribution in [0.25, 0.3) is 10.9 Å². The average molecular weight is 283 g/mol. The van der Waals surface area contributed by atoms with Crippen LogP contribution in [-0.4, -0.2) is 35.4 Å². The zero-order valence-electron chi connectivity index (χ0n) is 12.6. The second-order valence-corrected chi connectivity index (χ2v) is 5.83. The summed E-state index contributed by atoms with van der Waals surface area (Å²) < 4.78 is 0. The predicted octanol–water partition coefficient (Wildman–Crippen LogP) is 2.25. The molecule has 1 amide bonds. The van der Waals surface area contributed by atoms with Crippen LogP contribution in [0.4, 0.5) is 0 Å². The summed E-state index contributed by atoms with van der Waals surface area (Å²) in [6.07, 6.45) is 1.56. The molecule has 1 atom stereocenters. The summed E-state index contributed by atoms with van der Waals surface area (Å²) >= 11 is 0. The number of nitrogens with one attached hydrogen (secondary N) is 1. The van der Waals surface area contributed by atoms with Crippen LogP contribution in [0, 0.1) is 6.92 Å². The molecular weight excluding hydrogens is 262 g/mol. The molecule has 110 valence electrons. The van der Waals surface area contributed by atoms with E-state index in [0.29, 0.717) is 12.5 Å². The van der Waals surface area contributed by atoms with Crippen LogP contribution >= 0.6 is 0 Å². The van der Waals surface area contributed by atoms with E-state index in [1.165, 1.54) is 10.9 Å². The normalized spacial score (nSPS) is 19.2. The lowest BCUT2D eigenvalue weighted by molar-refractivity contribution is -0.132.